The maximum atomic E-state index is 11.8. The van der Waals surface area contributed by atoms with Crippen molar-refractivity contribution in [1.29, 1.82) is 0 Å². The van der Waals surface area contributed by atoms with Crippen molar-refractivity contribution >= 4 is 41.0 Å². The van der Waals surface area contributed by atoms with Crippen LogP contribution < -0.4 is 5.32 Å². The van der Waals surface area contributed by atoms with E-state index in [1.165, 1.54) is 11.1 Å². The fourth-order valence-corrected chi connectivity index (χ4v) is 4.02. The van der Waals surface area contributed by atoms with E-state index in [4.69, 9.17) is 11.6 Å². The van der Waals surface area contributed by atoms with Crippen molar-refractivity contribution in [2.45, 2.75) is 18.4 Å². The second kappa shape index (κ2) is 10.7. The zero-order valence-corrected chi connectivity index (χ0v) is 16.1. The van der Waals surface area contributed by atoms with Gasteiger partial charge in [0, 0.05) is 28.8 Å². The molecule has 2 nitrogen and oxygen atoms in total. The summed E-state index contributed by atoms with van der Waals surface area (Å²) in [5.74, 6) is 3.24. The molecule has 0 unspecified atom stereocenters. The van der Waals surface area contributed by atoms with E-state index in [2.05, 4.69) is 36.5 Å². The number of hydrogen-bond acceptors (Lipinski definition) is 3. The van der Waals surface area contributed by atoms with Crippen molar-refractivity contribution in [3.05, 3.63) is 70.2 Å². The third-order valence-corrected chi connectivity index (χ3v) is 5.79. The average molecular weight is 380 g/mol. The number of aryl methyl sites for hydroxylation is 1. The molecule has 0 bridgehead atoms. The molecule has 1 N–H and O–H groups in total. The number of thioether (sulfide) groups is 2. The number of hydrogen-bond donors (Lipinski definition) is 1. The summed E-state index contributed by atoms with van der Waals surface area (Å²) in [4.78, 5) is 11.8. The lowest BCUT2D eigenvalue weighted by Gasteiger charge is -2.06. The summed E-state index contributed by atoms with van der Waals surface area (Å²) in [6.45, 7) is 2.77. The quantitative estimate of drug-likeness (QED) is 0.626. The van der Waals surface area contributed by atoms with Gasteiger partial charge < -0.3 is 5.32 Å². The van der Waals surface area contributed by atoms with E-state index in [0.717, 1.165) is 27.8 Å². The van der Waals surface area contributed by atoms with E-state index in [1.807, 2.05) is 24.3 Å². The normalized spacial score (nSPS) is 10.6. The Morgan fingerprint density at radius 3 is 2.54 bits per heavy atom. The highest BCUT2D eigenvalue weighted by Gasteiger charge is 2.03. The van der Waals surface area contributed by atoms with Crippen LogP contribution in [0.5, 0.6) is 0 Å². The molecule has 24 heavy (non-hydrogen) atoms. The Balaban J connectivity index is 1.53. The monoisotopic (exact) mass is 379 g/mol. The molecule has 2 rings (SSSR count). The van der Waals surface area contributed by atoms with Gasteiger partial charge in [0.15, 0.2) is 0 Å². The van der Waals surface area contributed by atoms with E-state index in [9.17, 15) is 4.79 Å². The first-order valence-corrected chi connectivity index (χ1v) is 10.5. The van der Waals surface area contributed by atoms with Gasteiger partial charge in [-0.3, -0.25) is 4.79 Å². The second-order valence-electron chi connectivity index (χ2n) is 5.47. The van der Waals surface area contributed by atoms with Crippen LogP contribution in [0.3, 0.4) is 0 Å². The lowest BCUT2D eigenvalue weighted by Crippen LogP contribution is -2.27. The van der Waals surface area contributed by atoms with Gasteiger partial charge in [0.25, 0.3) is 0 Å². The number of rotatable bonds is 9. The van der Waals surface area contributed by atoms with Crippen molar-refractivity contribution in [1.82, 2.24) is 5.32 Å². The standard InChI is InChI=1S/C19H22ClNOS2/c1-15-6-8-16(9-7-15)12-24-14-19(22)21-10-11-23-13-17-4-2-3-5-18(17)20/h2-9H,10-14H2,1H3,(H,21,22). The summed E-state index contributed by atoms with van der Waals surface area (Å²) < 4.78 is 0. The van der Waals surface area contributed by atoms with Crippen LogP contribution in [0.15, 0.2) is 48.5 Å². The third kappa shape index (κ3) is 7.20. The fraction of sp³-hybridized carbons (Fsp3) is 0.316. The summed E-state index contributed by atoms with van der Waals surface area (Å²) in [6.07, 6.45) is 0. The zero-order valence-electron chi connectivity index (χ0n) is 13.8. The molecule has 2 aromatic rings. The zero-order chi connectivity index (χ0) is 17.2. The predicted molar refractivity (Wildman–Crippen MR) is 108 cm³/mol. The first-order chi connectivity index (χ1) is 11.6. The van der Waals surface area contributed by atoms with Crippen LogP contribution >= 0.6 is 35.1 Å². The van der Waals surface area contributed by atoms with Gasteiger partial charge in [0.1, 0.15) is 0 Å². The smallest absolute Gasteiger partial charge is 0.230 e. The van der Waals surface area contributed by atoms with Gasteiger partial charge in [-0.25, -0.2) is 0 Å². The highest BCUT2D eigenvalue weighted by molar-refractivity contribution is 7.99. The lowest BCUT2D eigenvalue weighted by molar-refractivity contribution is -0.118. The van der Waals surface area contributed by atoms with E-state index < -0.39 is 0 Å². The molecule has 0 aliphatic rings. The van der Waals surface area contributed by atoms with E-state index >= 15 is 0 Å². The van der Waals surface area contributed by atoms with Gasteiger partial charge >= 0.3 is 0 Å². The molecule has 0 aromatic heterocycles. The Morgan fingerprint density at radius 2 is 1.79 bits per heavy atom. The van der Waals surface area contributed by atoms with Gasteiger partial charge in [0.2, 0.25) is 5.91 Å². The van der Waals surface area contributed by atoms with Gasteiger partial charge in [-0.2, -0.15) is 11.8 Å². The van der Waals surface area contributed by atoms with Crippen LogP contribution in [-0.4, -0.2) is 24.0 Å². The molecular weight excluding hydrogens is 358 g/mol. The molecule has 0 saturated heterocycles. The number of halogens is 1. The van der Waals surface area contributed by atoms with E-state index in [-0.39, 0.29) is 5.91 Å². The molecule has 5 heteroatoms. The summed E-state index contributed by atoms with van der Waals surface area (Å²) >= 11 is 9.54. The highest BCUT2D eigenvalue weighted by Crippen LogP contribution is 2.20. The van der Waals surface area contributed by atoms with Crippen molar-refractivity contribution in [2.75, 3.05) is 18.1 Å². The minimum absolute atomic E-state index is 0.102. The molecule has 0 aliphatic heterocycles. The Morgan fingerprint density at radius 1 is 1.04 bits per heavy atom. The van der Waals surface area contributed by atoms with Crippen molar-refractivity contribution < 1.29 is 4.79 Å². The molecule has 0 spiro atoms. The summed E-state index contributed by atoms with van der Waals surface area (Å²) in [5, 5.41) is 3.77. The largest absolute Gasteiger partial charge is 0.355 e. The topological polar surface area (TPSA) is 29.1 Å². The number of carbonyl (C=O) groups excluding carboxylic acids is 1. The molecule has 128 valence electrons. The van der Waals surface area contributed by atoms with E-state index in [1.54, 1.807) is 23.5 Å². The van der Waals surface area contributed by atoms with Crippen LogP contribution in [0.2, 0.25) is 5.02 Å². The average Bonchev–Trinajstić information content (AvgIpc) is 2.58. The SMILES string of the molecule is Cc1ccc(CSCC(=O)NCCSCc2ccccc2Cl)cc1. The highest BCUT2D eigenvalue weighted by atomic mass is 35.5. The molecule has 0 aliphatic carbocycles. The minimum atomic E-state index is 0.102. The Hall–Kier alpha value is -1.10. The minimum Gasteiger partial charge on any atom is -0.355 e. The van der Waals surface area contributed by atoms with Crippen molar-refractivity contribution in [3.8, 4) is 0 Å². The number of amides is 1. The maximum absolute atomic E-state index is 11.8. The molecule has 2 aromatic carbocycles. The van der Waals surface area contributed by atoms with Crippen LogP contribution in [0, 0.1) is 6.92 Å². The molecule has 0 radical (unpaired) electrons. The molecule has 0 heterocycles. The lowest BCUT2D eigenvalue weighted by atomic mass is 10.2. The molecule has 0 fully saturated rings. The summed E-state index contributed by atoms with van der Waals surface area (Å²) in [7, 11) is 0. The number of benzene rings is 2. The van der Waals surface area contributed by atoms with Crippen LogP contribution in [0.1, 0.15) is 16.7 Å². The summed E-state index contributed by atoms with van der Waals surface area (Å²) in [5.41, 5.74) is 3.66. The predicted octanol–water partition coefficient (Wildman–Crippen LogP) is 4.93. The van der Waals surface area contributed by atoms with E-state index in [0.29, 0.717) is 12.3 Å². The van der Waals surface area contributed by atoms with Crippen LogP contribution in [-0.2, 0) is 16.3 Å². The van der Waals surface area contributed by atoms with Crippen molar-refractivity contribution in [3.63, 3.8) is 0 Å². The first-order valence-electron chi connectivity index (χ1n) is 7.86. The summed E-state index contributed by atoms with van der Waals surface area (Å²) in [6, 6.07) is 16.3. The van der Waals surface area contributed by atoms with Crippen LogP contribution in [0.4, 0.5) is 0 Å². The number of carbonyl (C=O) groups is 1. The Bertz CT molecular complexity index is 646. The molecule has 0 saturated carbocycles. The third-order valence-electron chi connectivity index (χ3n) is 3.41. The molecule has 0 atom stereocenters. The molecule has 1 amide bonds. The fourth-order valence-electron chi connectivity index (χ4n) is 2.06. The molecular formula is C19H22ClNOS2. The number of nitrogens with one attached hydrogen (secondary N) is 1. The van der Waals surface area contributed by atoms with Crippen molar-refractivity contribution in [2.24, 2.45) is 0 Å². The maximum Gasteiger partial charge on any atom is 0.230 e. The van der Waals surface area contributed by atoms with Crippen LogP contribution in [0.25, 0.3) is 0 Å². The second-order valence-corrected chi connectivity index (χ2v) is 7.97. The Labute approximate surface area is 157 Å². The van der Waals surface area contributed by atoms with Gasteiger partial charge in [-0.05, 0) is 24.1 Å². The first kappa shape index (κ1) is 19.2. The van der Waals surface area contributed by atoms with Gasteiger partial charge in [-0.15, -0.1) is 11.8 Å². The Kier molecular flexibility index (Phi) is 8.57. The van der Waals surface area contributed by atoms with Gasteiger partial charge in [0.05, 0.1) is 5.75 Å². The van der Waals surface area contributed by atoms with Gasteiger partial charge in [-0.1, -0.05) is 59.6 Å².